The zero-order valence-electron chi connectivity index (χ0n) is 9.62. The summed E-state index contributed by atoms with van der Waals surface area (Å²) >= 11 is 1.73. The van der Waals surface area contributed by atoms with Crippen molar-refractivity contribution in [3.8, 4) is 5.75 Å². The Morgan fingerprint density at radius 2 is 2.25 bits per heavy atom. The average molecular weight is 236 g/mol. The summed E-state index contributed by atoms with van der Waals surface area (Å²) in [6, 6.07) is 4.18. The molecule has 0 spiro atoms. The number of benzene rings is 1. The van der Waals surface area contributed by atoms with Gasteiger partial charge in [0.1, 0.15) is 11.3 Å². The topological polar surface area (TPSA) is 48.1 Å². The second-order valence-corrected chi connectivity index (χ2v) is 4.93. The van der Waals surface area contributed by atoms with E-state index in [0.717, 1.165) is 29.1 Å². The maximum atomic E-state index is 5.50. The highest BCUT2D eigenvalue weighted by molar-refractivity contribution is 7.18. The lowest BCUT2D eigenvalue weighted by molar-refractivity contribution is 0.418. The van der Waals surface area contributed by atoms with Crippen LogP contribution in [0.15, 0.2) is 12.1 Å². The van der Waals surface area contributed by atoms with Crippen LogP contribution in [0.2, 0.25) is 0 Å². The van der Waals surface area contributed by atoms with Gasteiger partial charge in [0.25, 0.3) is 0 Å². The van der Waals surface area contributed by atoms with Gasteiger partial charge in [-0.2, -0.15) is 0 Å². The number of fused-ring (bicyclic) bond motifs is 1. The Morgan fingerprint density at radius 1 is 1.44 bits per heavy atom. The summed E-state index contributed by atoms with van der Waals surface area (Å²) in [4.78, 5) is 4.60. The van der Waals surface area contributed by atoms with Gasteiger partial charge in [-0.25, -0.2) is 4.98 Å². The summed E-state index contributed by atoms with van der Waals surface area (Å²) in [5, 5.41) is 1.14. The quantitative estimate of drug-likeness (QED) is 0.887. The van der Waals surface area contributed by atoms with Crippen molar-refractivity contribution in [2.24, 2.45) is 5.73 Å². The Hall–Kier alpha value is -1.13. The zero-order chi connectivity index (χ0) is 11.5. The molecule has 0 saturated carbocycles. The van der Waals surface area contributed by atoms with E-state index in [1.54, 1.807) is 18.4 Å². The summed E-state index contributed by atoms with van der Waals surface area (Å²) in [6.07, 6.45) is 1.94. The molecule has 4 heteroatoms. The molecule has 2 rings (SSSR count). The summed E-state index contributed by atoms with van der Waals surface area (Å²) in [7, 11) is 1.69. The lowest BCUT2D eigenvalue weighted by Crippen LogP contribution is -1.99. The Balaban J connectivity index is 2.43. The molecule has 0 aliphatic rings. The van der Waals surface area contributed by atoms with Crippen LogP contribution in [0.5, 0.6) is 5.75 Å². The predicted molar refractivity (Wildman–Crippen MR) is 68.3 cm³/mol. The van der Waals surface area contributed by atoms with Crippen molar-refractivity contribution >= 4 is 21.6 Å². The minimum atomic E-state index is 0.714. The van der Waals surface area contributed by atoms with Gasteiger partial charge in [-0.1, -0.05) is 0 Å². The van der Waals surface area contributed by atoms with Crippen molar-refractivity contribution in [1.82, 2.24) is 4.98 Å². The van der Waals surface area contributed by atoms with Gasteiger partial charge in [-0.3, -0.25) is 0 Å². The minimum Gasteiger partial charge on any atom is -0.494 e. The van der Waals surface area contributed by atoms with Gasteiger partial charge in [0.05, 0.1) is 16.8 Å². The summed E-state index contributed by atoms with van der Waals surface area (Å²) < 4.78 is 6.54. The Kier molecular flexibility index (Phi) is 3.41. The number of aromatic nitrogens is 1. The van der Waals surface area contributed by atoms with Gasteiger partial charge in [-0.05, 0) is 37.6 Å². The summed E-state index contributed by atoms with van der Waals surface area (Å²) in [6.45, 7) is 2.79. The van der Waals surface area contributed by atoms with Crippen LogP contribution in [-0.4, -0.2) is 18.6 Å². The first kappa shape index (κ1) is 11.4. The molecule has 16 heavy (non-hydrogen) atoms. The van der Waals surface area contributed by atoms with Gasteiger partial charge >= 0.3 is 0 Å². The van der Waals surface area contributed by atoms with E-state index < -0.39 is 0 Å². The van der Waals surface area contributed by atoms with Crippen LogP contribution in [0.25, 0.3) is 10.2 Å². The Labute approximate surface area is 99.3 Å². The summed E-state index contributed by atoms with van der Waals surface area (Å²) in [5.74, 6) is 0.866. The SMILES string of the molecule is COc1cc(C)cc2sc(CCCN)nc12. The van der Waals surface area contributed by atoms with E-state index in [9.17, 15) is 0 Å². The molecule has 2 N–H and O–H groups in total. The van der Waals surface area contributed by atoms with E-state index in [0.29, 0.717) is 6.54 Å². The van der Waals surface area contributed by atoms with E-state index in [2.05, 4.69) is 18.0 Å². The molecule has 0 bridgehead atoms. The fraction of sp³-hybridized carbons (Fsp3) is 0.417. The van der Waals surface area contributed by atoms with E-state index in [-0.39, 0.29) is 0 Å². The molecule has 2 aromatic rings. The summed E-state index contributed by atoms with van der Waals surface area (Å²) in [5.41, 5.74) is 7.69. The highest BCUT2D eigenvalue weighted by Gasteiger charge is 2.09. The maximum absolute atomic E-state index is 5.50. The van der Waals surface area contributed by atoms with Crippen LogP contribution >= 0.6 is 11.3 Å². The van der Waals surface area contributed by atoms with Crippen molar-refractivity contribution in [1.29, 1.82) is 0 Å². The lowest BCUT2D eigenvalue weighted by atomic mass is 10.2. The van der Waals surface area contributed by atoms with Crippen molar-refractivity contribution in [2.75, 3.05) is 13.7 Å². The van der Waals surface area contributed by atoms with Crippen LogP contribution in [-0.2, 0) is 6.42 Å². The fourth-order valence-electron chi connectivity index (χ4n) is 1.69. The van der Waals surface area contributed by atoms with Crippen LogP contribution in [0.3, 0.4) is 0 Å². The molecule has 86 valence electrons. The van der Waals surface area contributed by atoms with E-state index in [1.807, 2.05) is 6.07 Å². The number of rotatable bonds is 4. The van der Waals surface area contributed by atoms with Crippen LogP contribution in [0.1, 0.15) is 17.0 Å². The molecule has 0 radical (unpaired) electrons. The normalized spacial score (nSPS) is 10.9. The molecule has 1 heterocycles. The first-order valence-corrected chi connectivity index (χ1v) is 6.20. The third-order valence-electron chi connectivity index (χ3n) is 2.46. The second-order valence-electron chi connectivity index (χ2n) is 3.81. The van der Waals surface area contributed by atoms with Gasteiger partial charge in [0, 0.05) is 6.42 Å². The van der Waals surface area contributed by atoms with Gasteiger partial charge in [-0.15, -0.1) is 11.3 Å². The van der Waals surface area contributed by atoms with Crippen molar-refractivity contribution in [3.05, 3.63) is 22.7 Å². The maximum Gasteiger partial charge on any atom is 0.146 e. The molecule has 0 amide bonds. The minimum absolute atomic E-state index is 0.714. The van der Waals surface area contributed by atoms with E-state index in [4.69, 9.17) is 10.5 Å². The second kappa shape index (κ2) is 4.80. The lowest BCUT2D eigenvalue weighted by Gasteiger charge is -2.01. The molecule has 1 aromatic heterocycles. The van der Waals surface area contributed by atoms with Crippen LogP contribution < -0.4 is 10.5 Å². The molecular weight excluding hydrogens is 220 g/mol. The standard InChI is InChI=1S/C12H16N2OS/c1-8-6-9(15-2)12-10(7-8)16-11(14-12)4-3-5-13/h6-7H,3-5,13H2,1-2H3. The molecule has 1 aromatic carbocycles. The van der Waals surface area contributed by atoms with Crippen LogP contribution in [0, 0.1) is 6.92 Å². The molecule has 0 atom stereocenters. The largest absolute Gasteiger partial charge is 0.494 e. The molecule has 3 nitrogen and oxygen atoms in total. The molecule has 0 aliphatic carbocycles. The number of thiazole rings is 1. The van der Waals surface area contributed by atoms with E-state index in [1.165, 1.54) is 10.3 Å². The van der Waals surface area contributed by atoms with Gasteiger partial charge in [0.2, 0.25) is 0 Å². The fourth-order valence-corrected chi connectivity index (χ4v) is 2.82. The molecular formula is C12H16N2OS. The zero-order valence-corrected chi connectivity index (χ0v) is 10.4. The van der Waals surface area contributed by atoms with Gasteiger partial charge < -0.3 is 10.5 Å². The Bertz CT molecular complexity index is 493. The Morgan fingerprint density at radius 3 is 2.94 bits per heavy atom. The molecule has 0 aliphatic heterocycles. The first-order valence-electron chi connectivity index (χ1n) is 5.38. The number of hydrogen-bond donors (Lipinski definition) is 1. The number of aryl methyl sites for hydroxylation is 2. The van der Waals surface area contributed by atoms with Crippen molar-refractivity contribution in [2.45, 2.75) is 19.8 Å². The van der Waals surface area contributed by atoms with Gasteiger partial charge in [0.15, 0.2) is 0 Å². The molecule has 0 unspecified atom stereocenters. The molecule has 0 saturated heterocycles. The monoisotopic (exact) mass is 236 g/mol. The third kappa shape index (κ3) is 2.18. The number of nitrogens with zero attached hydrogens (tertiary/aromatic N) is 1. The highest BCUT2D eigenvalue weighted by atomic mass is 32.1. The number of nitrogens with two attached hydrogens (primary N) is 1. The third-order valence-corrected chi connectivity index (χ3v) is 3.53. The molecule has 0 fully saturated rings. The first-order chi connectivity index (χ1) is 7.74. The number of ether oxygens (including phenoxy) is 1. The number of methoxy groups -OCH3 is 1. The average Bonchev–Trinajstić information content (AvgIpc) is 2.67. The van der Waals surface area contributed by atoms with Crippen molar-refractivity contribution in [3.63, 3.8) is 0 Å². The predicted octanol–water partition coefficient (Wildman–Crippen LogP) is 2.50. The van der Waals surface area contributed by atoms with E-state index >= 15 is 0 Å². The van der Waals surface area contributed by atoms with Crippen LogP contribution in [0.4, 0.5) is 0 Å². The van der Waals surface area contributed by atoms with Crippen molar-refractivity contribution < 1.29 is 4.74 Å². The number of hydrogen-bond acceptors (Lipinski definition) is 4. The smallest absolute Gasteiger partial charge is 0.146 e. The highest BCUT2D eigenvalue weighted by Crippen LogP contribution is 2.31.